The van der Waals surface area contributed by atoms with E-state index in [4.69, 9.17) is 5.84 Å². The van der Waals surface area contributed by atoms with E-state index in [-0.39, 0.29) is 17.5 Å². The molecule has 8 nitrogen and oxygen atoms in total. The number of nitrogen functional groups attached to an aromatic ring is 1. The monoisotopic (exact) mass is 288 g/mol. The Morgan fingerprint density at radius 2 is 2.10 bits per heavy atom. The van der Waals surface area contributed by atoms with Crippen molar-refractivity contribution in [3.8, 4) is 0 Å². The molecule has 0 amide bonds. The van der Waals surface area contributed by atoms with Gasteiger partial charge in [0.15, 0.2) is 0 Å². The predicted molar refractivity (Wildman–Crippen MR) is 79.7 cm³/mol. The standard InChI is InChI=1S/C13H16N6O2/c1-2-18(9-10-6-4-3-5-7-10)12-11(19(20)21)8-15-13(16-12)17-14/h3-8H,2,9,14H2,1H3,(H,15,16,17). The van der Waals surface area contributed by atoms with Crippen LogP contribution in [0.3, 0.4) is 0 Å². The fraction of sp³-hybridized carbons (Fsp3) is 0.231. The molecule has 21 heavy (non-hydrogen) atoms. The number of nitrogens with one attached hydrogen (secondary N) is 1. The zero-order valence-corrected chi connectivity index (χ0v) is 11.6. The third-order valence-corrected chi connectivity index (χ3v) is 2.97. The molecule has 0 aliphatic rings. The first-order valence-electron chi connectivity index (χ1n) is 6.42. The van der Waals surface area contributed by atoms with Crippen molar-refractivity contribution in [1.29, 1.82) is 0 Å². The maximum absolute atomic E-state index is 11.1. The number of hydrogen-bond donors (Lipinski definition) is 2. The molecule has 110 valence electrons. The Balaban J connectivity index is 2.38. The summed E-state index contributed by atoms with van der Waals surface area (Å²) in [4.78, 5) is 20.4. The minimum absolute atomic E-state index is 0.141. The average Bonchev–Trinajstić information content (AvgIpc) is 2.52. The Labute approximate surface area is 121 Å². The van der Waals surface area contributed by atoms with E-state index in [9.17, 15) is 10.1 Å². The van der Waals surface area contributed by atoms with Gasteiger partial charge in [0.2, 0.25) is 11.8 Å². The van der Waals surface area contributed by atoms with Gasteiger partial charge >= 0.3 is 5.69 Å². The Kier molecular flexibility index (Phi) is 4.62. The van der Waals surface area contributed by atoms with Gasteiger partial charge in [0.1, 0.15) is 6.20 Å². The van der Waals surface area contributed by atoms with Crippen LogP contribution in [0.1, 0.15) is 12.5 Å². The highest BCUT2D eigenvalue weighted by molar-refractivity contribution is 5.59. The molecule has 0 saturated heterocycles. The summed E-state index contributed by atoms with van der Waals surface area (Å²) in [6.45, 7) is 2.99. The largest absolute Gasteiger partial charge is 0.347 e. The predicted octanol–water partition coefficient (Wildman–Crippen LogP) is 1.70. The molecule has 2 aromatic rings. The Morgan fingerprint density at radius 1 is 1.38 bits per heavy atom. The van der Waals surface area contributed by atoms with Gasteiger partial charge in [0.25, 0.3) is 0 Å². The van der Waals surface area contributed by atoms with Crippen LogP contribution in [0.2, 0.25) is 0 Å². The smallest absolute Gasteiger partial charge is 0.329 e. The topological polar surface area (TPSA) is 110 Å². The van der Waals surface area contributed by atoms with Gasteiger partial charge in [-0.2, -0.15) is 4.98 Å². The first kappa shape index (κ1) is 14.7. The lowest BCUT2D eigenvalue weighted by Crippen LogP contribution is -2.25. The van der Waals surface area contributed by atoms with E-state index in [0.29, 0.717) is 13.1 Å². The molecule has 0 atom stereocenters. The lowest BCUT2D eigenvalue weighted by molar-refractivity contribution is -0.384. The van der Waals surface area contributed by atoms with Crippen LogP contribution in [0.15, 0.2) is 36.5 Å². The molecule has 8 heteroatoms. The second kappa shape index (κ2) is 6.62. The fourth-order valence-electron chi connectivity index (χ4n) is 1.94. The van der Waals surface area contributed by atoms with Crippen LogP contribution in [-0.4, -0.2) is 21.4 Å². The molecule has 0 radical (unpaired) electrons. The van der Waals surface area contributed by atoms with E-state index >= 15 is 0 Å². The van der Waals surface area contributed by atoms with Gasteiger partial charge in [0.05, 0.1) is 4.92 Å². The minimum Gasteiger partial charge on any atom is -0.347 e. The molecule has 1 heterocycles. The van der Waals surface area contributed by atoms with Crippen LogP contribution >= 0.6 is 0 Å². The van der Waals surface area contributed by atoms with Gasteiger partial charge in [-0.05, 0) is 12.5 Å². The van der Waals surface area contributed by atoms with Gasteiger partial charge < -0.3 is 4.90 Å². The van der Waals surface area contributed by atoms with E-state index in [1.165, 1.54) is 0 Å². The van der Waals surface area contributed by atoms with E-state index in [2.05, 4.69) is 15.4 Å². The van der Waals surface area contributed by atoms with Crippen molar-refractivity contribution in [2.75, 3.05) is 16.9 Å². The van der Waals surface area contributed by atoms with Crippen molar-refractivity contribution in [1.82, 2.24) is 9.97 Å². The lowest BCUT2D eigenvalue weighted by Gasteiger charge is -2.21. The highest BCUT2D eigenvalue weighted by Gasteiger charge is 2.22. The highest BCUT2D eigenvalue weighted by atomic mass is 16.6. The third-order valence-electron chi connectivity index (χ3n) is 2.97. The minimum atomic E-state index is -0.497. The summed E-state index contributed by atoms with van der Waals surface area (Å²) < 4.78 is 0. The Bertz CT molecular complexity index is 619. The number of rotatable bonds is 6. The molecule has 0 aliphatic carbocycles. The van der Waals surface area contributed by atoms with Crippen LogP contribution in [-0.2, 0) is 6.54 Å². The second-order valence-corrected chi connectivity index (χ2v) is 4.30. The number of nitrogens with zero attached hydrogens (tertiary/aromatic N) is 4. The molecule has 0 bridgehead atoms. The number of nitrogens with two attached hydrogens (primary N) is 1. The van der Waals surface area contributed by atoms with Gasteiger partial charge in [-0.1, -0.05) is 30.3 Å². The van der Waals surface area contributed by atoms with Crippen molar-refractivity contribution in [2.24, 2.45) is 5.84 Å². The zero-order valence-electron chi connectivity index (χ0n) is 11.6. The molecular weight excluding hydrogens is 272 g/mol. The first-order valence-corrected chi connectivity index (χ1v) is 6.42. The summed E-state index contributed by atoms with van der Waals surface area (Å²) in [6.07, 6.45) is 1.16. The lowest BCUT2D eigenvalue weighted by atomic mass is 10.2. The van der Waals surface area contributed by atoms with Gasteiger partial charge in [-0.3, -0.25) is 15.5 Å². The number of benzene rings is 1. The van der Waals surface area contributed by atoms with Crippen molar-refractivity contribution in [3.63, 3.8) is 0 Å². The average molecular weight is 288 g/mol. The summed E-state index contributed by atoms with van der Waals surface area (Å²) in [5, 5.41) is 11.1. The zero-order chi connectivity index (χ0) is 15.2. The van der Waals surface area contributed by atoms with Gasteiger partial charge in [-0.25, -0.2) is 10.8 Å². The van der Waals surface area contributed by atoms with Crippen LogP contribution < -0.4 is 16.2 Å². The van der Waals surface area contributed by atoms with Crippen LogP contribution in [0, 0.1) is 10.1 Å². The number of hydrazine groups is 1. The number of nitro groups is 1. The van der Waals surface area contributed by atoms with Gasteiger partial charge in [-0.15, -0.1) is 0 Å². The summed E-state index contributed by atoms with van der Waals surface area (Å²) in [7, 11) is 0. The second-order valence-electron chi connectivity index (χ2n) is 4.30. The number of aromatic nitrogens is 2. The molecule has 2 rings (SSSR count). The summed E-state index contributed by atoms with van der Waals surface area (Å²) in [6, 6.07) is 9.67. The molecular formula is C13H16N6O2. The molecule has 0 spiro atoms. The number of anilines is 2. The van der Waals surface area contributed by atoms with Crippen LogP contribution in [0.4, 0.5) is 17.5 Å². The summed E-state index contributed by atoms with van der Waals surface area (Å²) in [5.41, 5.74) is 3.19. The van der Waals surface area contributed by atoms with Gasteiger partial charge in [0, 0.05) is 13.1 Å². The van der Waals surface area contributed by atoms with E-state index < -0.39 is 4.92 Å². The normalized spacial score (nSPS) is 10.2. The van der Waals surface area contributed by atoms with Crippen molar-refractivity contribution >= 4 is 17.5 Å². The van der Waals surface area contributed by atoms with Crippen LogP contribution in [0.25, 0.3) is 0 Å². The van der Waals surface area contributed by atoms with Crippen molar-refractivity contribution in [2.45, 2.75) is 13.5 Å². The Morgan fingerprint density at radius 3 is 2.67 bits per heavy atom. The molecule has 1 aromatic carbocycles. The molecule has 0 saturated carbocycles. The quantitative estimate of drug-likeness (QED) is 0.472. The van der Waals surface area contributed by atoms with Crippen molar-refractivity contribution < 1.29 is 4.92 Å². The maximum atomic E-state index is 11.1. The van der Waals surface area contributed by atoms with E-state index in [0.717, 1.165) is 11.8 Å². The Hall–Kier alpha value is -2.74. The summed E-state index contributed by atoms with van der Waals surface area (Å²) in [5.74, 6) is 5.66. The molecule has 0 unspecified atom stereocenters. The van der Waals surface area contributed by atoms with E-state index in [1.807, 2.05) is 37.3 Å². The van der Waals surface area contributed by atoms with Crippen LogP contribution in [0.5, 0.6) is 0 Å². The SMILES string of the molecule is CCN(Cc1ccccc1)c1nc(NN)ncc1[N+](=O)[O-]. The molecule has 1 aromatic heterocycles. The molecule has 0 aliphatic heterocycles. The highest BCUT2D eigenvalue weighted by Crippen LogP contribution is 2.27. The summed E-state index contributed by atoms with van der Waals surface area (Å²) >= 11 is 0. The third kappa shape index (κ3) is 3.42. The number of hydrogen-bond acceptors (Lipinski definition) is 7. The maximum Gasteiger partial charge on any atom is 0.329 e. The fourth-order valence-corrected chi connectivity index (χ4v) is 1.94. The van der Waals surface area contributed by atoms with Crippen molar-refractivity contribution in [3.05, 3.63) is 52.2 Å². The van der Waals surface area contributed by atoms with E-state index in [1.54, 1.807) is 4.90 Å². The molecule has 3 N–H and O–H groups in total. The first-order chi connectivity index (χ1) is 10.2. The molecule has 0 fully saturated rings.